The molecule has 0 bridgehead atoms. The van der Waals surface area contributed by atoms with Crippen LogP contribution in [0.3, 0.4) is 0 Å². The number of hydrogen-bond acceptors (Lipinski definition) is 3. The van der Waals surface area contributed by atoms with Crippen molar-refractivity contribution in [3.05, 3.63) is 58.9 Å². The molecule has 0 fully saturated rings. The minimum absolute atomic E-state index is 0.0657. The zero-order chi connectivity index (χ0) is 15.6. The highest BCUT2D eigenvalue weighted by Gasteiger charge is 2.18. The monoisotopic (exact) mass is 291 g/mol. The average Bonchev–Trinajstić information content (AvgIpc) is 2.42. The number of rotatable bonds is 3. The molecule has 0 radical (unpaired) electrons. The summed E-state index contributed by atoms with van der Waals surface area (Å²) in [6.07, 6.45) is 0. The largest absolute Gasteiger partial charge is 0.398 e. The smallest absolute Gasteiger partial charge is 0.256 e. The van der Waals surface area contributed by atoms with Crippen molar-refractivity contribution in [2.45, 2.75) is 13.5 Å². The van der Waals surface area contributed by atoms with E-state index >= 15 is 0 Å². The van der Waals surface area contributed by atoms with Crippen LogP contribution in [0, 0.1) is 18.6 Å². The van der Waals surface area contributed by atoms with Crippen LogP contribution in [-0.2, 0) is 6.54 Å². The van der Waals surface area contributed by atoms with Crippen LogP contribution in [-0.4, -0.2) is 22.8 Å². The lowest BCUT2D eigenvalue weighted by Gasteiger charge is -2.18. The van der Waals surface area contributed by atoms with Gasteiger partial charge in [-0.1, -0.05) is 6.07 Å². The number of hydrogen-bond donors (Lipinski definition) is 1. The summed E-state index contributed by atoms with van der Waals surface area (Å²) >= 11 is 0. The van der Waals surface area contributed by atoms with Gasteiger partial charge in [-0.15, -0.1) is 0 Å². The summed E-state index contributed by atoms with van der Waals surface area (Å²) in [5.41, 5.74) is 6.95. The van der Waals surface area contributed by atoms with Gasteiger partial charge in [0, 0.05) is 24.5 Å². The standard InChI is InChI=1S/C15H15F2N3O/c1-9-4-3-5-10(19-9)8-20(2)15(21)11-6-12(16)13(17)7-14(11)18/h3-7H,8,18H2,1-2H3. The molecule has 0 spiro atoms. The number of nitrogens with zero attached hydrogens (tertiary/aromatic N) is 2. The zero-order valence-corrected chi connectivity index (χ0v) is 11.7. The quantitative estimate of drug-likeness (QED) is 0.884. The van der Waals surface area contributed by atoms with Crippen LogP contribution in [0.4, 0.5) is 14.5 Å². The Balaban J connectivity index is 2.22. The number of carbonyl (C=O) groups excluding carboxylic acids is 1. The van der Waals surface area contributed by atoms with E-state index < -0.39 is 17.5 Å². The van der Waals surface area contributed by atoms with E-state index in [0.29, 0.717) is 5.69 Å². The van der Waals surface area contributed by atoms with E-state index in [9.17, 15) is 13.6 Å². The number of aryl methyl sites for hydroxylation is 1. The summed E-state index contributed by atoms with van der Waals surface area (Å²) in [5.74, 6) is -2.67. The maximum Gasteiger partial charge on any atom is 0.256 e. The van der Waals surface area contributed by atoms with Crippen LogP contribution in [0.1, 0.15) is 21.7 Å². The third-order valence-corrected chi connectivity index (χ3v) is 3.01. The summed E-state index contributed by atoms with van der Waals surface area (Å²) in [7, 11) is 1.55. The van der Waals surface area contributed by atoms with Gasteiger partial charge in [0.15, 0.2) is 11.6 Å². The minimum atomic E-state index is -1.10. The molecule has 1 amide bonds. The van der Waals surface area contributed by atoms with Gasteiger partial charge < -0.3 is 10.6 Å². The molecule has 0 aliphatic carbocycles. The van der Waals surface area contributed by atoms with E-state index in [1.807, 2.05) is 19.1 Å². The molecule has 6 heteroatoms. The molecule has 0 atom stereocenters. The number of amides is 1. The Kier molecular flexibility index (Phi) is 4.16. The van der Waals surface area contributed by atoms with Crippen molar-refractivity contribution in [1.82, 2.24) is 9.88 Å². The number of benzene rings is 1. The van der Waals surface area contributed by atoms with Gasteiger partial charge in [0.25, 0.3) is 5.91 Å². The fourth-order valence-corrected chi connectivity index (χ4v) is 1.96. The van der Waals surface area contributed by atoms with Gasteiger partial charge in [0.2, 0.25) is 0 Å². The van der Waals surface area contributed by atoms with Crippen LogP contribution in [0.25, 0.3) is 0 Å². The highest BCUT2D eigenvalue weighted by molar-refractivity contribution is 5.98. The maximum atomic E-state index is 13.2. The first kappa shape index (κ1) is 14.9. The van der Waals surface area contributed by atoms with Crippen molar-refractivity contribution in [3.8, 4) is 0 Å². The van der Waals surface area contributed by atoms with Gasteiger partial charge in [0.1, 0.15) is 0 Å². The second kappa shape index (κ2) is 5.87. The first-order valence-electron chi connectivity index (χ1n) is 6.31. The SMILES string of the molecule is Cc1cccc(CN(C)C(=O)c2cc(F)c(F)cc2N)n1. The van der Waals surface area contributed by atoms with Gasteiger partial charge in [-0.25, -0.2) is 8.78 Å². The molecule has 4 nitrogen and oxygen atoms in total. The highest BCUT2D eigenvalue weighted by Crippen LogP contribution is 2.19. The number of nitrogen functional groups attached to an aromatic ring is 1. The number of carbonyl (C=O) groups is 1. The van der Waals surface area contributed by atoms with Crippen molar-refractivity contribution in [2.24, 2.45) is 0 Å². The summed E-state index contributed by atoms with van der Waals surface area (Å²) in [5, 5.41) is 0. The molecule has 21 heavy (non-hydrogen) atoms. The number of anilines is 1. The Morgan fingerprint density at radius 3 is 2.62 bits per heavy atom. The maximum absolute atomic E-state index is 13.2. The minimum Gasteiger partial charge on any atom is -0.398 e. The number of nitrogens with two attached hydrogens (primary N) is 1. The molecule has 0 aliphatic heterocycles. The molecule has 0 aliphatic rings. The lowest BCUT2D eigenvalue weighted by atomic mass is 10.1. The van der Waals surface area contributed by atoms with Crippen LogP contribution >= 0.6 is 0 Å². The Hall–Kier alpha value is -2.50. The summed E-state index contributed by atoms with van der Waals surface area (Å²) in [4.78, 5) is 17.9. The van der Waals surface area contributed by atoms with E-state index in [-0.39, 0.29) is 17.8 Å². The van der Waals surface area contributed by atoms with Crippen LogP contribution < -0.4 is 5.73 Å². The Morgan fingerprint density at radius 2 is 1.95 bits per heavy atom. The third kappa shape index (κ3) is 3.34. The second-order valence-electron chi connectivity index (χ2n) is 4.79. The summed E-state index contributed by atoms with van der Waals surface area (Å²) in [6, 6.07) is 7.08. The fraction of sp³-hybridized carbons (Fsp3) is 0.200. The van der Waals surface area contributed by atoms with Gasteiger partial charge in [0.05, 0.1) is 17.8 Å². The number of aromatic nitrogens is 1. The van der Waals surface area contributed by atoms with Gasteiger partial charge in [-0.05, 0) is 25.1 Å². The number of halogens is 2. The molecule has 0 saturated carbocycles. The highest BCUT2D eigenvalue weighted by atomic mass is 19.2. The van der Waals surface area contributed by atoms with E-state index in [2.05, 4.69) is 4.98 Å². The predicted octanol–water partition coefficient (Wildman–Crippen LogP) is 2.52. The molecular formula is C15H15F2N3O. The molecule has 1 aromatic carbocycles. The molecule has 1 aromatic heterocycles. The van der Waals surface area contributed by atoms with Crippen molar-refractivity contribution in [3.63, 3.8) is 0 Å². The molecule has 2 N–H and O–H groups in total. The molecule has 2 rings (SSSR count). The third-order valence-electron chi connectivity index (χ3n) is 3.01. The lowest BCUT2D eigenvalue weighted by molar-refractivity contribution is 0.0784. The number of pyridine rings is 1. The molecule has 110 valence electrons. The van der Waals surface area contributed by atoms with Gasteiger partial charge >= 0.3 is 0 Å². The molecule has 1 heterocycles. The van der Waals surface area contributed by atoms with E-state index in [0.717, 1.165) is 17.8 Å². The summed E-state index contributed by atoms with van der Waals surface area (Å²) < 4.78 is 26.3. The molecular weight excluding hydrogens is 276 g/mol. The van der Waals surface area contributed by atoms with Crippen LogP contribution in [0.5, 0.6) is 0 Å². The topological polar surface area (TPSA) is 59.2 Å². The van der Waals surface area contributed by atoms with Crippen LogP contribution in [0.15, 0.2) is 30.3 Å². The van der Waals surface area contributed by atoms with Crippen molar-refractivity contribution in [2.75, 3.05) is 12.8 Å². The van der Waals surface area contributed by atoms with E-state index in [4.69, 9.17) is 5.73 Å². The molecule has 2 aromatic rings. The zero-order valence-electron chi connectivity index (χ0n) is 11.7. The Morgan fingerprint density at radius 1 is 1.29 bits per heavy atom. The van der Waals surface area contributed by atoms with Gasteiger partial charge in [-0.3, -0.25) is 9.78 Å². The van der Waals surface area contributed by atoms with Crippen molar-refractivity contribution in [1.29, 1.82) is 0 Å². The molecule has 0 unspecified atom stereocenters. The summed E-state index contributed by atoms with van der Waals surface area (Å²) in [6.45, 7) is 2.09. The first-order valence-corrected chi connectivity index (χ1v) is 6.31. The van der Waals surface area contributed by atoms with E-state index in [1.165, 1.54) is 4.90 Å². The van der Waals surface area contributed by atoms with E-state index in [1.54, 1.807) is 13.1 Å². The predicted molar refractivity (Wildman–Crippen MR) is 75.5 cm³/mol. The molecule has 0 saturated heterocycles. The lowest BCUT2D eigenvalue weighted by Crippen LogP contribution is -2.27. The Labute approximate surface area is 121 Å². The average molecular weight is 291 g/mol. The van der Waals surface area contributed by atoms with Crippen molar-refractivity contribution >= 4 is 11.6 Å². The second-order valence-corrected chi connectivity index (χ2v) is 4.79. The normalized spacial score (nSPS) is 10.5. The fourth-order valence-electron chi connectivity index (χ4n) is 1.96. The van der Waals surface area contributed by atoms with Crippen molar-refractivity contribution < 1.29 is 13.6 Å². The first-order chi connectivity index (χ1) is 9.88. The van der Waals surface area contributed by atoms with Crippen LogP contribution in [0.2, 0.25) is 0 Å². The Bertz CT molecular complexity index is 689. The van der Waals surface area contributed by atoms with Gasteiger partial charge in [-0.2, -0.15) is 0 Å².